The van der Waals surface area contributed by atoms with Crippen LogP contribution in [0.15, 0.2) is 15.9 Å². The number of carboxylic acids is 1. The van der Waals surface area contributed by atoms with Crippen LogP contribution in [0.25, 0.3) is 11.2 Å². The molecule has 0 aliphatic carbocycles. The van der Waals surface area contributed by atoms with E-state index >= 15 is 0 Å². The first kappa shape index (κ1) is 16.5. The zero-order chi connectivity index (χ0) is 17.3. The molecular weight excluding hydrogens is 306 g/mol. The third-order valence-corrected chi connectivity index (χ3v) is 3.54. The number of amides is 1. The van der Waals surface area contributed by atoms with E-state index in [1.54, 1.807) is 0 Å². The number of carbonyl (C=O) groups is 2. The number of aryl methyl sites for hydroxylation is 2. The molecule has 2 N–H and O–H groups in total. The summed E-state index contributed by atoms with van der Waals surface area (Å²) in [6, 6.07) is -0.990. The Labute approximate surface area is 130 Å². The molecule has 1 unspecified atom stereocenters. The molecule has 2 aromatic heterocycles. The minimum absolute atomic E-state index is 0.0188. The lowest BCUT2D eigenvalue weighted by molar-refractivity contribution is -0.141. The minimum atomic E-state index is -1.13. The molecule has 0 fully saturated rings. The third-order valence-electron chi connectivity index (χ3n) is 3.54. The van der Waals surface area contributed by atoms with Crippen molar-refractivity contribution in [3.63, 3.8) is 0 Å². The molecule has 1 amide bonds. The normalized spacial score (nSPS) is 12.3. The van der Waals surface area contributed by atoms with E-state index in [2.05, 4.69) is 10.3 Å². The molecule has 0 aromatic carbocycles. The molecule has 10 nitrogen and oxygen atoms in total. The Morgan fingerprint density at radius 2 is 1.96 bits per heavy atom. The first-order valence-corrected chi connectivity index (χ1v) is 6.87. The lowest BCUT2D eigenvalue weighted by atomic mass is 10.3. The lowest BCUT2D eigenvalue weighted by Gasteiger charge is -2.10. The number of imidazole rings is 1. The standard InChI is InChI=1S/C13H17N5O5/c1-7(12(21)22)15-8(19)4-5-18-6-14-10-9(18)11(20)17(3)13(23)16(10)2/h6-7H,4-5H2,1-3H3,(H,15,19)(H,21,22). The number of nitrogens with zero attached hydrogens (tertiary/aromatic N) is 4. The molecule has 23 heavy (non-hydrogen) atoms. The van der Waals surface area contributed by atoms with Crippen LogP contribution in [-0.2, 0) is 30.2 Å². The quantitative estimate of drug-likeness (QED) is 0.683. The Bertz CT molecular complexity index is 891. The number of aromatic nitrogens is 4. The highest BCUT2D eigenvalue weighted by Crippen LogP contribution is 2.06. The average Bonchev–Trinajstić information content (AvgIpc) is 2.92. The number of hydrogen-bond acceptors (Lipinski definition) is 5. The van der Waals surface area contributed by atoms with Gasteiger partial charge in [-0.15, -0.1) is 0 Å². The summed E-state index contributed by atoms with van der Waals surface area (Å²) >= 11 is 0. The summed E-state index contributed by atoms with van der Waals surface area (Å²) in [5.74, 6) is -1.58. The van der Waals surface area contributed by atoms with Gasteiger partial charge in [0.2, 0.25) is 5.91 Å². The number of rotatable bonds is 5. The Kier molecular flexibility index (Phi) is 4.34. The Morgan fingerprint density at radius 3 is 2.57 bits per heavy atom. The van der Waals surface area contributed by atoms with E-state index in [-0.39, 0.29) is 24.1 Å². The van der Waals surface area contributed by atoms with Crippen molar-refractivity contribution >= 4 is 23.0 Å². The van der Waals surface area contributed by atoms with Gasteiger partial charge in [0.25, 0.3) is 5.56 Å². The van der Waals surface area contributed by atoms with Gasteiger partial charge >= 0.3 is 11.7 Å². The monoisotopic (exact) mass is 323 g/mol. The Balaban J connectivity index is 2.26. The first-order chi connectivity index (χ1) is 10.7. The van der Waals surface area contributed by atoms with Crippen LogP contribution < -0.4 is 16.6 Å². The van der Waals surface area contributed by atoms with Crippen molar-refractivity contribution in [2.75, 3.05) is 0 Å². The van der Waals surface area contributed by atoms with Gasteiger partial charge in [-0.25, -0.2) is 9.78 Å². The molecule has 0 aliphatic rings. The van der Waals surface area contributed by atoms with Crippen LogP contribution in [-0.4, -0.2) is 41.7 Å². The van der Waals surface area contributed by atoms with E-state index in [4.69, 9.17) is 5.11 Å². The van der Waals surface area contributed by atoms with Crippen LogP contribution in [0.4, 0.5) is 0 Å². The number of carboxylic acid groups (broad SMARTS) is 1. The minimum Gasteiger partial charge on any atom is -0.480 e. The van der Waals surface area contributed by atoms with Gasteiger partial charge in [0.15, 0.2) is 11.2 Å². The molecule has 10 heteroatoms. The summed E-state index contributed by atoms with van der Waals surface area (Å²) in [4.78, 5) is 50.5. The summed E-state index contributed by atoms with van der Waals surface area (Å²) in [6.07, 6.45) is 1.36. The SMILES string of the molecule is CC(NC(=O)CCn1cnc2c1c(=O)n(C)c(=O)n2C)C(=O)O. The van der Waals surface area contributed by atoms with E-state index in [0.717, 1.165) is 4.57 Å². The predicted molar refractivity (Wildman–Crippen MR) is 80.1 cm³/mol. The molecule has 1 atom stereocenters. The van der Waals surface area contributed by atoms with Crippen molar-refractivity contribution in [2.24, 2.45) is 14.1 Å². The van der Waals surface area contributed by atoms with Gasteiger partial charge in [-0.1, -0.05) is 0 Å². The summed E-state index contributed by atoms with van der Waals surface area (Å²) in [6.45, 7) is 1.50. The maximum atomic E-state index is 12.2. The fraction of sp³-hybridized carbons (Fsp3) is 0.462. The number of hydrogen-bond donors (Lipinski definition) is 2. The maximum absolute atomic E-state index is 12.2. The van der Waals surface area contributed by atoms with Crippen molar-refractivity contribution in [1.82, 2.24) is 24.0 Å². The lowest BCUT2D eigenvalue weighted by Crippen LogP contribution is -2.39. The summed E-state index contributed by atoms with van der Waals surface area (Å²) < 4.78 is 3.69. The highest BCUT2D eigenvalue weighted by Gasteiger charge is 2.16. The van der Waals surface area contributed by atoms with Gasteiger partial charge in [-0.05, 0) is 6.92 Å². The zero-order valence-corrected chi connectivity index (χ0v) is 12.9. The second-order valence-electron chi connectivity index (χ2n) is 5.19. The van der Waals surface area contributed by atoms with E-state index in [9.17, 15) is 19.2 Å². The number of fused-ring (bicyclic) bond motifs is 1. The van der Waals surface area contributed by atoms with E-state index in [1.807, 2.05) is 0 Å². The van der Waals surface area contributed by atoms with Crippen LogP contribution in [0.1, 0.15) is 13.3 Å². The molecular formula is C13H17N5O5. The Morgan fingerprint density at radius 1 is 1.30 bits per heavy atom. The van der Waals surface area contributed by atoms with Gasteiger partial charge in [-0.3, -0.25) is 23.5 Å². The smallest absolute Gasteiger partial charge is 0.332 e. The summed E-state index contributed by atoms with van der Waals surface area (Å²) in [5.41, 5.74) is -0.535. The average molecular weight is 323 g/mol. The molecule has 0 radical (unpaired) electrons. The number of aliphatic carboxylic acids is 1. The van der Waals surface area contributed by atoms with Crippen molar-refractivity contribution in [3.05, 3.63) is 27.2 Å². The zero-order valence-electron chi connectivity index (χ0n) is 12.9. The number of carbonyl (C=O) groups excluding carboxylic acids is 1. The van der Waals surface area contributed by atoms with Gasteiger partial charge < -0.3 is 15.0 Å². The van der Waals surface area contributed by atoms with Crippen LogP contribution in [0.3, 0.4) is 0 Å². The summed E-state index contributed by atoms with van der Waals surface area (Å²) in [7, 11) is 2.87. The van der Waals surface area contributed by atoms with Crippen LogP contribution in [0.2, 0.25) is 0 Å². The number of nitrogens with one attached hydrogen (secondary N) is 1. The molecule has 2 heterocycles. The molecule has 2 rings (SSSR count). The molecule has 124 valence electrons. The third kappa shape index (κ3) is 3.00. The van der Waals surface area contributed by atoms with Crippen molar-refractivity contribution < 1.29 is 14.7 Å². The highest BCUT2D eigenvalue weighted by atomic mass is 16.4. The highest BCUT2D eigenvalue weighted by molar-refractivity contribution is 5.83. The van der Waals surface area contributed by atoms with Gasteiger partial charge in [0, 0.05) is 27.1 Å². The molecule has 0 saturated heterocycles. The maximum Gasteiger partial charge on any atom is 0.332 e. The van der Waals surface area contributed by atoms with Crippen molar-refractivity contribution in [2.45, 2.75) is 25.9 Å². The Hall–Kier alpha value is -2.91. The van der Waals surface area contributed by atoms with Crippen molar-refractivity contribution in [3.8, 4) is 0 Å². The van der Waals surface area contributed by atoms with E-state index < -0.39 is 29.2 Å². The molecule has 2 aromatic rings. The van der Waals surface area contributed by atoms with Crippen LogP contribution >= 0.6 is 0 Å². The molecule has 0 spiro atoms. The van der Waals surface area contributed by atoms with Crippen molar-refractivity contribution in [1.29, 1.82) is 0 Å². The topological polar surface area (TPSA) is 128 Å². The van der Waals surface area contributed by atoms with E-state index in [1.165, 1.54) is 36.5 Å². The van der Waals surface area contributed by atoms with Crippen LogP contribution in [0.5, 0.6) is 0 Å². The molecule has 0 aliphatic heterocycles. The molecule has 0 saturated carbocycles. The van der Waals surface area contributed by atoms with Gasteiger partial charge in [0.05, 0.1) is 6.33 Å². The van der Waals surface area contributed by atoms with E-state index in [0.29, 0.717) is 0 Å². The fourth-order valence-corrected chi connectivity index (χ4v) is 2.16. The molecule has 0 bridgehead atoms. The second kappa shape index (κ2) is 6.07. The summed E-state index contributed by atoms with van der Waals surface area (Å²) in [5, 5.41) is 11.1. The second-order valence-corrected chi connectivity index (χ2v) is 5.19. The van der Waals surface area contributed by atoms with Gasteiger partial charge in [-0.2, -0.15) is 0 Å². The largest absolute Gasteiger partial charge is 0.480 e. The van der Waals surface area contributed by atoms with Gasteiger partial charge in [0.1, 0.15) is 6.04 Å². The van der Waals surface area contributed by atoms with Crippen LogP contribution in [0, 0.1) is 0 Å². The predicted octanol–water partition coefficient (Wildman–Crippen LogP) is -1.59. The fourth-order valence-electron chi connectivity index (χ4n) is 2.16. The first-order valence-electron chi connectivity index (χ1n) is 6.87.